The van der Waals surface area contributed by atoms with Crippen molar-refractivity contribution in [2.24, 2.45) is 16.1 Å². The topological polar surface area (TPSA) is 38.4 Å². The molecule has 20 heavy (non-hydrogen) atoms. The molecule has 0 aliphatic carbocycles. The number of amidine groups is 1. The number of nitrogens with zero attached hydrogens (tertiary/aromatic N) is 1. The summed E-state index contributed by atoms with van der Waals surface area (Å²) in [6.07, 6.45) is 0. The lowest BCUT2D eigenvalue weighted by Crippen LogP contribution is -2.23. The van der Waals surface area contributed by atoms with Crippen LogP contribution < -0.4 is 5.73 Å². The SMILES string of the molecule is C=C(C(N)=Nc1cccc(C(C)(C)C)c1C)C(C)(C)C. The number of rotatable bonds is 2. The number of aliphatic imine (C=N–C) groups is 1. The number of nitrogens with two attached hydrogens (primary N) is 1. The van der Waals surface area contributed by atoms with Crippen molar-refractivity contribution in [3.8, 4) is 0 Å². The fraction of sp³-hybridized carbons (Fsp3) is 0.500. The van der Waals surface area contributed by atoms with Crippen molar-refractivity contribution in [1.29, 1.82) is 0 Å². The maximum atomic E-state index is 6.11. The van der Waals surface area contributed by atoms with Crippen LogP contribution in [0.5, 0.6) is 0 Å². The predicted molar refractivity (Wildman–Crippen MR) is 89.8 cm³/mol. The van der Waals surface area contributed by atoms with Gasteiger partial charge in [0.05, 0.1) is 5.69 Å². The van der Waals surface area contributed by atoms with E-state index in [0.717, 1.165) is 11.3 Å². The smallest absolute Gasteiger partial charge is 0.127 e. The van der Waals surface area contributed by atoms with Crippen molar-refractivity contribution in [3.05, 3.63) is 41.5 Å². The van der Waals surface area contributed by atoms with Gasteiger partial charge in [0.15, 0.2) is 0 Å². The second-order valence-corrected chi connectivity index (χ2v) is 7.43. The van der Waals surface area contributed by atoms with Crippen molar-refractivity contribution in [2.45, 2.75) is 53.9 Å². The standard InChI is InChI=1S/C18H28N2/c1-12-14(18(6,7)8)10-9-11-15(12)20-16(19)13(2)17(3,4)5/h9-11H,2H2,1,3-8H3,(H2,19,20). The molecule has 110 valence electrons. The lowest BCUT2D eigenvalue weighted by molar-refractivity contribution is 0.525. The molecule has 2 N–H and O–H groups in total. The molecule has 0 heterocycles. The third-order valence-electron chi connectivity index (χ3n) is 3.57. The van der Waals surface area contributed by atoms with Gasteiger partial charge in [0.25, 0.3) is 0 Å². The normalized spacial score (nSPS) is 13.4. The molecular weight excluding hydrogens is 244 g/mol. The Balaban J connectivity index is 3.27. The van der Waals surface area contributed by atoms with Gasteiger partial charge < -0.3 is 5.73 Å². The van der Waals surface area contributed by atoms with Crippen molar-refractivity contribution in [2.75, 3.05) is 0 Å². The summed E-state index contributed by atoms with van der Waals surface area (Å²) in [5.41, 5.74) is 10.4. The van der Waals surface area contributed by atoms with E-state index in [2.05, 4.69) is 66.1 Å². The molecule has 0 saturated carbocycles. The van der Waals surface area contributed by atoms with Crippen LogP contribution in [0.3, 0.4) is 0 Å². The average molecular weight is 272 g/mol. The number of hydrogen-bond acceptors (Lipinski definition) is 1. The number of hydrogen-bond donors (Lipinski definition) is 1. The molecule has 0 saturated heterocycles. The Kier molecular flexibility index (Phi) is 4.48. The summed E-state index contributed by atoms with van der Waals surface area (Å²) in [5.74, 6) is 0.520. The first-order valence-electron chi connectivity index (χ1n) is 7.08. The molecule has 0 amide bonds. The largest absolute Gasteiger partial charge is 0.383 e. The van der Waals surface area contributed by atoms with Gasteiger partial charge in [0, 0.05) is 0 Å². The van der Waals surface area contributed by atoms with Gasteiger partial charge >= 0.3 is 0 Å². The van der Waals surface area contributed by atoms with Crippen molar-refractivity contribution < 1.29 is 0 Å². The molecule has 1 aromatic rings. The molecule has 2 nitrogen and oxygen atoms in total. The van der Waals surface area contributed by atoms with Gasteiger partial charge in [0.1, 0.15) is 5.84 Å². The van der Waals surface area contributed by atoms with E-state index < -0.39 is 0 Å². The Morgan fingerprint density at radius 3 is 2.10 bits per heavy atom. The Hall–Kier alpha value is -1.57. The first kappa shape index (κ1) is 16.5. The monoisotopic (exact) mass is 272 g/mol. The minimum Gasteiger partial charge on any atom is -0.383 e. The van der Waals surface area contributed by atoms with E-state index in [4.69, 9.17) is 5.73 Å². The van der Waals surface area contributed by atoms with Gasteiger partial charge in [-0.2, -0.15) is 0 Å². The van der Waals surface area contributed by atoms with Crippen LogP contribution in [0.2, 0.25) is 0 Å². The molecule has 2 heteroatoms. The molecule has 0 radical (unpaired) electrons. The van der Waals surface area contributed by atoms with E-state index in [0.29, 0.717) is 5.84 Å². The van der Waals surface area contributed by atoms with E-state index in [1.807, 2.05) is 12.1 Å². The highest BCUT2D eigenvalue weighted by Gasteiger charge is 2.20. The van der Waals surface area contributed by atoms with E-state index >= 15 is 0 Å². The summed E-state index contributed by atoms with van der Waals surface area (Å²) >= 11 is 0. The van der Waals surface area contributed by atoms with E-state index in [1.165, 1.54) is 11.1 Å². The van der Waals surface area contributed by atoms with Gasteiger partial charge in [-0.25, -0.2) is 4.99 Å². The highest BCUT2D eigenvalue weighted by molar-refractivity contribution is 5.99. The first-order chi connectivity index (χ1) is 8.94. The molecule has 1 rings (SSSR count). The predicted octanol–water partition coefficient (Wildman–Crippen LogP) is 4.88. The van der Waals surface area contributed by atoms with E-state index in [9.17, 15) is 0 Å². The number of benzene rings is 1. The highest BCUT2D eigenvalue weighted by atomic mass is 14.9. The summed E-state index contributed by atoms with van der Waals surface area (Å²) < 4.78 is 0. The molecule has 0 aliphatic heterocycles. The van der Waals surface area contributed by atoms with E-state index in [-0.39, 0.29) is 10.8 Å². The van der Waals surface area contributed by atoms with Gasteiger partial charge in [-0.3, -0.25) is 0 Å². The minimum atomic E-state index is -0.0663. The third kappa shape index (κ3) is 3.72. The van der Waals surface area contributed by atoms with Crippen LogP contribution in [-0.2, 0) is 5.41 Å². The second-order valence-electron chi connectivity index (χ2n) is 7.43. The Bertz CT molecular complexity index is 538. The second kappa shape index (κ2) is 5.43. The first-order valence-corrected chi connectivity index (χ1v) is 7.08. The summed E-state index contributed by atoms with van der Waals surface area (Å²) in [4.78, 5) is 4.59. The fourth-order valence-corrected chi connectivity index (χ4v) is 2.14. The molecule has 1 aromatic carbocycles. The van der Waals surface area contributed by atoms with E-state index in [1.54, 1.807) is 0 Å². The van der Waals surface area contributed by atoms with Gasteiger partial charge in [-0.05, 0) is 40.5 Å². The lowest BCUT2D eigenvalue weighted by Gasteiger charge is -2.23. The van der Waals surface area contributed by atoms with Crippen LogP contribution in [0.4, 0.5) is 5.69 Å². The highest BCUT2D eigenvalue weighted by Crippen LogP contribution is 2.32. The minimum absolute atomic E-state index is 0.0663. The van der Waals surface area contributed by atoms with Crippen LogP contribution >= 0.6 is 0 Å². The van der Waals surface area contributed by atoms with Crippen LogP contribution in [0.15, 0.2) is 35.3 Å². The lowest BCUT2D eigenvalue weighted by atomic mass is 9.83. The Labute approximate surface area is 123 Å². The summed E-state index contributed by atoms with van der Waals surface area (Å²) in [7, 11) is 0. The third-order valence-corrected chi connectivity index (χ3v) is 3.57. The Morgan fingerprint density at radius 1 is 1.10 bits per heavy atom. The molecule has 0 fully saturated rings. The van der Waals surface area contributed by atoms with Gasteiger partial charge in [-0.15, -0.1) is 0 Å². The van der Waals surface area contributed by atoms with Crippen LogP contribution in [-0.4, -0.2) is 5.84 Å². The molecular formula is C18H28N2. The molecule has 0 spiro atoms. The molecule has 0 aliphatic rings. The van der Waals surface area contributed by atoms with Crippen LogP contribution in [0, 0.1) is 12.3 Å². The average Bonchev–Trinajstić information content (AvgIpc) is 2.28. The summed E-state index contributed by atoms with van der Waals surface area (Å²) in [6.45, 7) is 19.1. The quantitative estimate of drug-likeness (QED) is 0.604. The van der Waals surface area contributed by atoms with Gasteiger partial charge in [0.2, 0.25) is 0 Å². The van der Waals surface area contributed by atoms with Crippen molar-refractivity contribution in [1.82, 2.24) is 0 Å². The van der Waals surface area contributed by atoms with Crippen LogP contribution in [0.25, 0.3) is 0 Å². The van der Waals surface area contributed by atoms with Gasteiger partial charge in [-0.1, -0.05) is 60.3 Å². The molecule has 0 aromatic heterocycles. The zero-order valence-electron chi connectivity index (χ0n) is 14.0. The maximum absolute atomic E-state index is 6.11. The van der Waals surface area contributed by atoms with Crippen molar-refractivity contribution in [3.63, 3.8) is 0 Å². The maximum Gasteiger partial charge on any atom is 0.127 e. The summed E-state index contributed by atoms with van der Waals surface area (Å²) in [5, 5.41) is 0. The Morgan fingerprint density at radius 2 is 1.65 bits per heavy atom. The van der Waals surface area contributed by atoms with Crippen molar-refractivity contribution >= 4 is 11.5 Å². The fourth-order valence-electron chi connectivity index (χ4n) is 2.14. The summed E-state index contributed by atoms with van der Waals surface area (Å²) in [6, 6.07) is 6.20. The molecule has 0 atom stereocenters. The molecule has 0 bridgehead atoms. The molecule has 0 unspecified atom stereocenters. The van der Waals surface area contributed by atoms with Crippen LogP contribution in [0.1, 0.15) is 52.7 Å². The zero-order chi connectivity index (χ0) is 15.7. The zero-order valence-corrected chi connectivity index (χ0v) is 14.0.